The molecule has 1 aliphatic heterocycles. The maximum atomic E-state index is 13.0. The van der Waals surface area contributed by atoms with Crippen LogP contribution >= 0.6 is 11.6 Å². The van der Waals surface area contributed by atoms with E-state index < -0.39 is 0 Å². The Balaban J connectivity index is 1.31. The van der Waals surface area contributed by atoms with Crippen LogP contribution in [0.5, 0.6) is 5.75 Å². The summed E-state index contributed by atoms with van der Waals surface area (Å²) in [6, 6.07) is 13.5. The number of benzene rings is 2. The lowest BCUT2D eigenvalue weighted by Gasteiger charge is -2.19. The van der Waals surface area contributed by atoms with Crippen LogP contribution in [0.2, 0.25) is 5.02 Å². The van der Waals surface area contributed by atoms with Crippen molar-refractivity contribution in [3.05, 3.63) is 59.1 Å². The van der Waals surface area contributed by atoms with Crippen LogP contribution in [0.3, 0.4) is 0 Å². The molecule has 0 aromatic heterocycles. The predicted molar refractivity (Wildman–Crippen MR) is 108 cm³/mol. The highest BCUT2D eigenvalue weighted by Gasteiger charge is 2.61. The topological polar surface area (TPSA) is 63.7 Å². The number of ketones is 1. The molecule has 2 saturated carbocycles. The fourth-order valence-corrected chi connectivity index (χ4v) is 5.37. The number of anilines is 1. The molecule has 4 atom stereocenters. The molecule has 29 heavy (non-hydrogen) atoms. The second kappa shape index (κ2) is 6.99. The van der Waals surface area contributed by atoms with Crippen molar-refractivity contribution in [2.24, 2.45) is 23.7 Å². The van der Waals surface area contributed by atoms with Crippen LogP contribution in [0.25, 0.3) is 0 Å². The summed E-state index contributed by atoms with van der Waals surface area (Å²) in [5, 5.41) is 0.563. The van der Waals surface area contributed by atoms with Crippen molar-refractivity contribution in [1.29, 1.82) is 0 Å². The van der Waals surface area contributed by atoms with E-state index in [-0.39, 0.29) is 36.0 Å². The molecule has 2 aromatic rings. The number of carbonyl (C=O) groups is 3. The quantitative estimate of drug-likeness (QED) is 0.550. The second-order valence-electron chi connectivity index (χ2n) is 8.11. The maximum Gasteiger partial charge on any atom is 0.237 e. The summed E-state index contributed by atoms with van der Waals surface area (Å²) in [4.78, 5) is 39.6. The van der Waals surface area contributed by atoms with Gasteiger partial charge in [-0.25, -0.2) is 4.90 Å². The standard InChI is InChI=1S/C23H20ClNO4/c24-16-8-6-13(7-9-16)19(26)12-29-18-3-1-2-17(11-18)25-22(27)20-14-4-5-15(10-14)21(20)23(25)28/h1-3,6-9,11,14-15,20-21H,4-5,10,12H2/t14-,15-,20+,21+/m1/s1. The normalized spacial score (nSPS) is 27.4. The highest BCUT2D eigenvalue weighted by atomic mass is 35.5. The average molecular weight is 410 g/mol. The number of halogens is 1. The van der Waals surface area contributed by atoms with Crippen molar-refractivity contribution in [1.82, 2.24) is 0 Å². The van der Waals surface area contributed by atoms with Crippen LogP contribution in [-0.4, -0.2) is 24.2 Å². The summed E-state index contributed by atoms with van der Waals surface area (Å²) >= 11 is 5.85. The minimum absolute atomic E-state index is 0.0819. The van der Waals surface area contributed by atoms with Crippen molar-refractivity contribution < 1.29 is 19.1 Å². The number of hydrogen-bond donors (Lipinski definition) is 0. The summed E-state index contributed by atoms with van der Waals surface area (Å²) in [5.41, 5.74) is 1.03. The van der Waals surface area contributed by atoms with Gasteiger partial charge in [-0.05, 0) is 67.5 Å². The number of carbonyl (C=O) groups excluding carboxylic acids is 3. The van der Waals surface area contributed by atoms with Crippen LogP contribution < -0.4 is 9.64 Å². The first-order valence-corrected chi connectivity index (χ1v) is 10.3. The van der Waals surface area contributed by atoms with Crippen molar-refractivity contribution in [3.8, 4) is 5.75 Å². The van der Waals surface area contributed by atoms with E-state index in [0.717, 1.165) is 19.3 Å². The molecule has 5 nitrogen and oxygen atoms in total. The van der Waals surface area contributed by atoms with Crippen molar-refractivity contribution in [2.45, 2.75) is 19.3 Å². The molecular weight excluding hydrogens is 390 g/mol. The van der Waals surface area contributed by atoms with Gasteiger partial charge in [0.05, 0.1) is 17.5 Å². The molecule has 2 amide bonds. The number of rotatable bonds is 5. The lowest BCUT2D eigenvalue weighted by Crippen LogP contribution is -2.32. The first kappa shape index (κ1) is 18.4. The van der Waals surface area contributed by atoms with Crippen LogP contribution in [-0.2, 0) is 9.59 Å². The van der Waals surface area contributed by atoms with Gasteiger partial charge in [0.25, 0.3) is 0 Å². The molecule has 1 saturated heterocycles. The van der Waals surface area contributed by atoms with Gasteiger partial charge in [-0.15, -0.1) is 0 Å². The molecule has 0 spiro atoms. The van der Waals surface area contributed by atoms with Crippen molar-refractivity contribution in [2.75, 3.05) is 11.5 Å². The first-order valence-electron chi connectivity index (χ1n) is 9.92. The summed E-state index contributed by atoms with van der Waals surface area (Å²) < 4.78 is 5.64. The van der Waals surface area contributed by atoms with Gasteiger partial charge in [0, 0.05) is 16.7 Å². The van der Waals surface area contributed by atoms with E-state index >= 15 is 0 Å². The zero-order valence-corrected chi connectivity index (χ0v) is 16.5. The number of amides is 2. The van der Waals surface area contributed by atoms with Crippen LogP contribution in [0.1, 0.15) is 29.6 Å². The molecule has 3 aliphatic rings. The molecule has 3 fully saturated rings. The van der Waals surface area contributed by atoms with Gasteiger partial charge >= 0.3 is 0 Å². The molecule has 2 aliphatic carbocycles. The molecule has 2 aromatic carbocycles. The highest BCUT2D eigenvalue weighted by Crippen LogP contribution is 2.56. The van der Waals surface area contributed by atoms with Crippen molar-refractivity contribution in [3.63, 3.8) is 0 Å². The number of fused-ring (bicyclic) bond motifs is 5. The highest BCUT2D eigenvalue weighted by molar-refractivity contribution is 6.30. The average Bonchev–Trinajstić information content (AvgIpc) is 3.41. The molecule has 2 bridgehead atoms. The van der Waals surface area contributed by atoms with E-state index in [4.69, 9.17) is 16.3 Å². The van der Waals surface area contributed by atoms with Gasteiger partial charge in [0.1, 0.15) is 5.75 Å². The third kappa shape index (κ3) is 3.04. The lowest BCUT2D eigenvalue weighted by molar-refractivity contribution is -0.123. The number of imide groups is 1. The summed E-state index contributed by atoms with van der Waals surface area (Å²) in [6.45, 7) is -0.137. The SMILES string of the molecule is O=C(COc1cccc(N2C(=O)[C@H]3[C@@H]4CC[C@H](C4)[C@@H]3C2=O)c1)c1ccc(Cl)cc1. The van der Waals surface area contributed by atoms with Gasteiger partial charge in [0.15, 0.2) is 12.4 Å². The Kier molecular flexibility index (Phi) is 4.43. The smallest absolute Gasteiger partial charge is 0.237 e. The Bertz CT molecular complexity index is 974. The zero-order chi connectivity index (χ0) is 20.1. The minimum Gasteiger partial charge on any atom is -0.485 e. The van der Waals surface area contributed by atoms with Gasteiger partial charge < -0.3 is 4.74 Å². The van der Waals surface area contributed by atoms with E-state index in [1.807, 2.05) is 0 Å². The maximum absolute atomic E-state index is 13.0. The van der Waals surface area contributed by atoms with Crippen LogP contribution in [0, 0.1) is 23.7 Å². The number of nitrogens with zero attached hydrogens (tertiary/aromatic N) is 1. The first-order chi connectivity index (χ1) is 14.0. The van der Waals surface area contributed by atoms with E-state index in [1.54, 1.807) is 48.5 Å². The van der Waals surface area contributed by atoms with Crippen molar-refractivity contribution >= 4 is 34.9 Å². The molecular formula is C23H20ClNO4. The van der Waals surface area contributed by atoms with Gasteiger partial charge in [-0.2, -0.15) is 0 Å². The Morgan fingerprint density at radius 1 is 1.00 bits per heavy atom. The summed E-state index contributed by atoms with van der Waals surface area (Å²) in [7, 11) is 0. The summed E-state index contributed by atoms with van der Waals surface area (Å²) in [6.07, 6.45) is 3.11. The zero-order valence-electron chi connectivity index (χ0n) is 15.7. The monoisotopic (exact) mass is 409 g/mol. The Morgan fingerprint density at radius 2 is 1.66 bits per heavy atom. The van der Waals surface area contributed by atoms with Gasteiger partial charge in [0.2, 0.25) is 11.8 Å². The molecule has 1 heterocycles. The Morgan fingerprint density at radius 3 is 2.31 bits per heavy atom. The number of hydrogen-bond acceptors (Lipinski definition) is 4. The molecule has 5 rings (SSSR count). The van der Waals surface area contributed by atoms with Crippen LogP contribution in [0.4, 0.5) is 5.69 Å². The summed E-state index contributed by atoms with van der Waals surface area (Å²) in [5.74, 6) is 0.500. The second-order valence-corrected chi connectivity index (χ2v) is 8.55. The molecule has 0 radical (unpaired) electrons. The largest absolute Gasteiger partial charge is 0.485 e. The van der Waals surface area contributed by atoms with E-state index in [0.29, 0.717) is 33.9 Å². The third-order valence-corrected chi connectivity index (χ3v) is 6.79. The predicted octanol–water partition coefficient (Wildman–Crippen LogP) is 4.14. The van der Waals surface area contributed by atoms with Gasteiger partial charge in [-0.3, -0.25) is 14.4 Å². The lowest BCUT2D eigenvalue weighted by atomic mass is 9.81. The van der Waals surface area contributed by atoms with Crippen LogP contribution in [0.15, 0.2) is 48.5 Å². The molecule has 6 heteroatoms. The minimum atomic E-state index is -0.175. The molecule has 148 valence electrons. The third-order valence-electron chi connectivity index (χ3n) is 6.54. The Labute approximate surface area is 173 Å². The van der Waals surface area contributed by atoms with E-state index in [2.05, 4.69) is 0 Å². The Hall–Kier alpha value is -2.66. The molecule has 0 N–H and O–H groups in total. The molecule has 0 unspecified atom stereocenters. The fourth-order valence-electron chi connectivity index (χ4n) is 5.24. The number of Topliss-reactive ketones (excluding diaryl/α,β-unsaturated/α-hetero) is 1. The van der Waals surface area contributed by atoms with E-state index in [1.165, 1.54) is 4.90 Å². The fraction of sp³-hybridized carbons (Fsp3) is 0.348. The van der Waals surface area contributed by atoms with E-state index in [9.17, 15) is 14.4 Å². The van der Waals surface area contributed by atoms with Gasteiger partial charge in [-0.1, -0.05) is 17.7 Å². The number of ether oxygens (including phenoxy) is 1.